The zero-order valence-electron chi connectivity index (χ0n) is 11.8. The molecule has 0 aliphatic rings. The number of hydrogen-bond acceptors (Lipinski definition) is 7. The molecule has 0 amide bonds. The number of methoxy groups -OCH3 is 2. The smallest absolute Gasteiger partial charge is 0.373 e. The van der Waals surface area contributed by atoms with E-state index in [0.29, 0.717) is 22.1 Å². The Balaban J connectivity index is 2.04. The number of nitrogens with one attached hydrogen (secondary N) is 1. The van der Waals surface area contributed by atoms with Gasteiger partial charge < -0.3 is 24.9 Å². The number of rotatable bonds is 5. The first-order valence-corrected chi connectivity index (χ1v) is 7.11. The van der Waals surface area contributed by atoms with Crippen LogP contribution in [0.25, 0.3) is 4.96 Å². The fraction of sp³-hybridized carbons (Fsp3) is 0.154. The number of thiazole rings is 1. The zero-order valence-corrected chi connectivity index (χ0v) is 12.6. The van der Waals surface area contributed by atoms with Gasteiger partial charge in [0, 0.05) is 11.4 Å². The van der Waals surface area contributed by atoms with Gasteiger partial charge in [0.25, 0.3) is 4.96 Å². The number of nitro groups is 1. The molecule has 0 unspecified atom stereocenters. The van der Waals surface area contributed by atoms with E-state index in [1.807, 2.05) is 0 Å². The zero-order chi connectivity index (χ0) is 15.7. The molecular formula is C13H12N4O4S. The molecule has 0 aliphatic carbocycles. The highest BCUT2D eigenvalue weighted by Gasteiger charge is 2.24. The van der Waals surface area contributed by atoms with E-state index >= 15 is 0 Å². The van der Waals surface area contributed by atoms with Crippen LogP contribution in [-0.4, -0.2) is 28.5 Å². The Labute approximate surface area is 129 Å². The molecule has 0 spiro atoms. The molecule has 114 valence electrons. The van der Waals surface area contributed by atoms with Gasteiger partial charge in [-0.25, -0.2) is 0 Å². The summed E-state index contributed by atoms with van der Waals surface area (Å²) in [6.45, 7) is 0. The highest BCUT2D eigenvalue weighted by molar-refractivity contribution is 7.15. The van der Waals surface area contributed by atoms with Crippen LogP contribution in [0.4, 0.5) is 17.3 Å². The summed E-state index contributed by atoms with van der Waals surface area (Å²) < 4.78 is 11.8. The molecule has 0 fully saturated rings. The van der Waals surface area contributed by atoms with Gasteiger partial charge in [0.2, 0.25) is 5.82 Å². The molecule has 0 saturated carbocycles. The number of benzene rings is 1. The molecular weight excluding hydrogens is 308 g/mol. The molecule has 0 bridgehead atoms. The largest absolute Gasteiger partial charge is 0.497 e. The van der Waals surface area contributed by atoms with Gasteiger partial charge in [-0.05, 0) is 17.1 Å². The maximum atomic E-state index is 11.3. The van der Waals surface area contributed by atoms with Crippen molar-refractivity contribution in [2.24, 2.45) is 0 Å². The number of imidazole rings is 1. The predicted octanol–water partition coefficient (Wildman–Crippen LogP) is 3.06. The first-order valence-electron chi connectivity index (χ1n) is 6.23. The van der Waals surface area contributed by atoms with E-state index in [2.05, 4.69) is 10.3 Å². The number of aromatic nitrogens is 2. The quantitative estimate of drug-likeness (QED) is 0.574. The van der Waals surface area contributed by atoms with Gasteiger partial charge in [-0.3, -0.25) is 0 Å². The van der Waals surface area contributed by atoms with Crippen molar-refractivity contribution in [2.45, 2.75) is 0 Å². The average Bonchev–Trinajstić information content (AvgIpc) is 3.07. The normalized spacial score (nSPS) is 10.6. The highest BCUT2D eigenvalue weighted by Crippen LogP contribution is 2.35. The standard InChI is InChI=1S/C13H12N4O4S/c1-20-8-3-4-9(10(7-8)21-2)14-11-12(17(18)19)16-5-6-22-13(16)15-11/h3-7,14H,1-2H3. The minimum atomic E-state index is -0.467. The van der Waals surface area contributed by atoms with Crippen LogP contribution < -0.4 is 14.8 Å². The van der Waals surface area contributed by atoms with E-state index < -0.39 is 4.92 Å². The van der Waals surface area contributed by atoms with Crippen molar-refractivity contribution in [1.29, 1.82) is 0 Å². The van der Waals surface area contributed by atoms with Crippen LogP contribution in [0.1, 0.15) is 0 Å². The fourth-order valence-corrected chi connectivity index (χ4v) is 2.77. The molecule has 0 saturated heterocycles. The summed E-state index contributed by atoms with van der Waals surface area (Å²) in [5.41, 5.74) is 0.567. The Morgan fingerprint density at radius 2 is 2.18 bits per heavy atom. The van der Waals surface area contributed by atoms with Gasteiger partial charge in [0.15, 0.2) is 0 Å². The third-order valence-corrected chi connectivity index (χ3v) is 3.83. The molecule has 2 aromatic heterocycles. The number of fused-ring (bicyclic) bond motifs is 1. The topological polar surface area (TPSA) is 90.9 Å². The van der Waals surface area contributed by atoms with Crippen LogP contribution in [0.2, 0.25) is 0 Å². The van der Waals surface area contributed by atoms with E-state index in [4.69, 9.17) is 9.47 Å². The third kappa shape index (κ3) is 2.31. The Kier molecular flexibility index (Phi) is 3.55. The van der Waals surface area contributed by atoms with Gasteiger partial charge in [0.1, 0.15) is 17.7 Å². The Morgan fingerprint density at radius 3 is 2.86 bits per heavy atom. The SMILES string of the molecule is COc1ccc(Nc2nc3sccn3c2[N+](=O)[O-])c(OC)c1. The summed E-state index contributed by atoms with van der Waals surface area (Å²) in [7, 11) is 3.07. The molecule has 3 rings (SSSR count). The van der Waals surface area contributed by atoms with Gasteiger partial charge >= 0.3 is 5.82 Å². The lowest BCUT2D eigenvalue weighted by Gasteiger charge is -2.10. The molecule has 22 heavy (non-hydrogen) atoms. The van der Waals surface area contributed by atoms with E-state index in [1.54, 1.807) is 36.9 Å². The molecule has 1 aromatic carbocycles. The second-order valence-electron chi connectivity index (χ2n) is 4.29. The Hall–Kier alpha value is -2.81. The minimum absolute atomic E-state index is 0.117. The second-order valence-corrected chi connectivity index (χ2v) is 5.16. The number of hydrogen-bond donors (Lipinski definition) is 1. The van der Waals surface area contributed by atoms with Gasteiger partial charge in [-0.15, -0.1) is 0 Å². The summed E-state index contributed by atoms with van der Waals surface area (Å²) in [5, 5.41) is 16.0. The third-order valence-electron chi connectivity index (χ3n) is 3.07. The Bertz CT molecular complexity index is 842. The van der Waals surface area contributed by atoms with Gasteiger partial charge in [-0.2, -0.15) is 9.38 Å². The van der Waals surface area contributed by atoms with Gasteiger partial charge in [-0.1, -0.05) is 11.3 Å². The molecule has 9 heteroatoms. The molecule has 0 atom stereocenters. The maximum Gasteiger partial charge on any atom is 0.373 e. The molecule has 8 nitrogen and oxygen atoms in total. The van der Waals surface area contributed by atoms with Crippen molar-refractivity contribution in [3.05, 3.63) is 39.9 Å². The summed E-state index contributed by atoms with van der Waals surface area (Å²) in [4.78, 5) is 15.6. The van der Waals surface area contributed by atoms with E-state index in [1.165, 1.54) is 22.8 Å². The lowest BCUT2D eigenvalue weighted by molar-refractivity contribution is -0.389. The van der Waals surface area contributed by atoms with Crippen LogP contribution in [0.15, 0.2) is 29.8 Å². The van der Waals surface area contributed by atoms with Crippen LogP contribution in [0, 0.1) is 10.1 Å². The van der Waals surface area contributed by atoms with Crippen molar-refractivity contribution in [3.63, 3.8) is 0 Å². The van der Waals surface area contributed by atoms with E-state index in [0.717, 1.165) is 0 Å². The minimum Gasteiger partial charge on any atom is -0.497 e. The number of nitrogens with zero attached hydrogens (tertiary/aromatic N) is 3. The first kappa shape index (κ1) is 14.1. The predicted molar refractivity (Wildman–Crippen MR) is 82.6 cm³/mol. The molecule has 3 aromatic rings. The second kappa shape index (κ2) is 5.53. The van der Waals surface area contributed by atoms with Crippen LogP contribution in [-0.2, 0) is 0 Å². The fourth-order valence-electron chi connectivity index (χ4n) is 2.06. The summed E-state index contributed by atoms with van der Waals surface area (Å²) in [5.74, 6) is 1.18. The van der Waals surface area contributed by atoms with Crippen molar-refractivity contribution in [3.8, 4) is 11.5 Å². The van der Waals surface area contributed by atoms with Crippen molar-refractivity contribution >= 4 is 33.6 Å². The number of anilines is 2. The van der Waals surface area contributed by atoms with Crippen LogP contribution in [0.5, 0.6) is 11.5 Å². The van der Waals surface area contributed by atoms with Crippen molar-refractivity contribution in [1.82, 2.24) is 9.38 Å². The first-order chi connectivity index (χ1) is 10.6. The van der Waals surface area contributed by atoms with Crippen molar-refractivity contribution < 1.29 is 14.4 Å². The van der Waals surface area contributed by atoms with Crippen LogP contribution >= 0.6 is 11.3 Å². The van der Waals surface area contributed by atoms with Gasteiger partial charge in [0.05, 0.1) is 19.9 Å². The monoisotopic (exact) mass is 320 g/mol. The number of ether oxygens (including phenoxy) is 2. The summed E-state index contributed by atoms with van der Waals surface area (Å²) in [6, 6.07) is 5.14. The molecule has 0 aliphatic heterocycles. The lowest BCUT2D eigenvalue weighted by Crippen LogP contribution is -2.00. The Morgan fingerprint density at radius 1 is 1.36 bits per heavy atom. The molecule has 0 radical (unpaired) electrons. The lowest BCUT2D eigenvalue weighted by atomic mass is 10.2. The highest BCUT2D eigenvalue weighted by atomic mass is 32.1. The van der Waals surface area contributed by atoms with Crippen LogP contribution in [0.3, 0.4) is 0 Å². The maximum absolute atomic E-state index is 11.3. The molecule has 2 heterocycles. The summed E-state index contributed by atoms with van der Waals surface area (Å²) >= 11 is 1.32. The molecule has 1 N–H and O–H groups in total. The van der Waals surface area contributed by atoms with E-state index in [-0.39, 0.29) is 11.6 Å². The van der Waals surface area contributed by atoms with E-state index in [9.17, 15) is 10.1 Å². The van der Waals surface area contributed by atoms with Crippen molar-refractivity contribution in [2.75, 3.05) is 19.5 Å². The average molecular weight is 320 g/mol. The summed E-state index contributed by atoms with van der Waals surface area (Å²) in [6.07, 6.45) is 1.61.